The van der Waals surface area contributed by atoms with Crippen LogP contribution >= 0.6 is 0 Å². The maximum Gasteiger partial charge on any atom is 0.253 e. The predicted molar refractivity (Wildman–Crippen MR) is 178 cm³/mol. The number of fused-ring (bicyclic) bond motifs is 2. The molecule has 6 rings (SSSR count). The van der Waals surface area contributed by atoms with Gasteiger partial charge in [-0.05, 0) is 62.9 Å². The van der Waals surface area contributed by atoms with E-state index in [2.05, 4.69) is 18.7 Å². The summed E-state index contributed by atoms with van der Waals surface area (Å²) in [5.41, 5.74) is 0.509. The minimum Gasteiger partial charge on any atom is -0.396 e. The van der Waals surface area contributed by atoms with E-state index in [-0.39, 0.29) is 24.3 Å². The van der Waals surface area contributed by atoms with Crippen molar-refractivity contribution in [2.24, 2.45) is 11.8 Å². The summed E-state index contributed by atoms with van der Waals surface area (Å²) in [6.45, 7) is 9.43. The van der Waals surface area contributed by atoms with Crippen LogP contribution in [0.4, 0.5) is 11.4 Å². The molecule has 0 saturated carbocycles. The third-order valence-corrected chi connectivity index (χ3v) is 10.3. The predicted octanol–water partition coefficient (Wildman–Crippen LogP) is 4.17. The third-order valence-electron chi connectivity index (χ3n) is 10.3. The van der Waals surface area contributed by atoms with Crippen LogP contribution in [0.2, 0.25) is 0 Å². The van der Waals surface area contributed by atoms with Crippen molar-refractivity contribution in [3.63, 3.8) is 0 Å². The van der Waals surface area contributed by atoms with Gasteiger partial charge >= 0.3 is 0 Å². The molecule has 2 fully saturated rings. The zero-order chi connectivity index (χ0) is 32.5. The third kappa shape index (κ3) is 5.23. The molecule has 3 amide bonds. The second kappa shape index (κ2) is 13.0. The monoisotopic (exact) mass is 626 g/mol. The number of unbranched alkanes of at least 4 members (excludes halogenated alkanes) is 1. The normalized spacial score (nSPS) is 28.7. The molecule has 9 nitrogen and oxygen atoms in total. The smallest absolute Gasteiger partial charge is 0.253 e. The molecule has 2 saturated heterocycles. The van der Waals surface area contributed by atoms with Crippen LogP contribution in [0.25, 0.3) is 0 Å². The number of rotatable bonds is 11. The number of aliphatic hydroxyl groups excluding tert-OH is 1. The van der Waals surface area contributed by atoms with Crippen molar-refractivity contribution in [1.29, 1.82) is 0 Å². The molecule has 0 bridgehead atoms. The van der Waals surface area contributed by atoms with Gasteiger partial charge in [-0.1, -0.05) is 61.6 Å². The Hall–Kier alpha value is -3.95. The lowest BCUT2D eigenvalue weighted by atomic mass is 9.73. The molecular formula is C37H46N4O5. The first-order chi connectivity index (χ1) is 22.3. The average molecular weight is 627 g/mol. The van der Waals surface area contributed by atoms with Crippen molar-refractivity contribution in [2.75, 3.05) is 49.1 Å². The number of nitrogens with zero attached hydrogens (tertiary/aromatic N) is 4. The van der Waals surface area contributed by atoms with Gasteiger partial charge in [-0.25, -0.2) is 0 Å². The van der Waals surface area contributed by atoms with E-state index in [1.165, 1.54) is 0 Å². The van der Waals surface area contributed by atoms with Gasteiger partial charge in [-0.3, -0.25) is 14.4 Å². The highest BCUT2D eigenvalue weighted by molar-refractivity contribution is 6.06. The van der Waals surface area contributed by atoms with Crippen molar-refractivity contribution < 1.29 is 24.2 Å². The van der Waals surface area contributed by atoms with Crippen LogP contribution in [-0.2, 0) is 25.7 Å². The number of amides is 3. The SMILES string of the molecule is CCN(CC)c1ccc(N2CC=C[C@]34O[C@@]5(CC)C=CCN(Cc6ccccc6)C(=O)[C@H]5[C@H]3C(=O)N(CCCCO)C4C2=O)cc1. The number of hydrogen-bond donors (Lipinski definition) is 1. The van der Waals surface area contributed by atoms with E-state index in [0.717, 1.165) is 30.0 Å². The molecule has 4 aliphatic heterocycles. The summed E-state index contributed by atoms with van der Waals surface area (Å²) >= 11 is 0. The summed E-state index contributed by atoms with van der Waals surface area (Å²) in [6, 6.07) is 16.9. The number of benzene rings is 2. The Bertz CT molecular complexity index is 1490. The lowest BCUT2D eigenvalue weighted by Gasteiger charge is -2.38. The first-order valence-electron chi connectivity index (χ1n) is 16.8. The zero-order valence-corrected chi connectivity index (χ0v) is 27.2. The number of likely N-dealkylation sites (tertiary alicyclic amines) is 1. The highest BCUT2D eigenvalue weighted by Crippen LogP contribution is 2.58. The Morgan fingerprint density at radius 3 is 2.24 bits per heavy atom. The summed E-state index contributed by atoms with van der Waals surface area (Å²) in [4.78, 5) is 51.4. The fraction of sp³-hybridized carbons (Fsp3) is 0.486. The number of ether oxygens (including phenoxy) is 1. The fourth-order valence-electron chi connectivity index (χ4n) is 8.05. The van der Waals surface area contributed by atoms with Gasteiger partial charge in [0.15, 0.2) is 0 Å². The number of anilines is 2. The lowest BCUT2D eigenvalue weighted by Crippen LogP contribution is -2.56. The van der Waals surface area contributed by atoms with Crippen LogP contribution in [0.1, 0.15) is 45.6 Å². The minimum absolute atomic E-state index is 0.00404. The van der Waals surface area contributed by atoms with Gasteiger partial charge in [0.2, 0.25) is 11.8 Å². The van der Waals surface area contributed by atoms with Crippen molar-refractivity contribution >= 4 is 29.1 Å². The van der Waals surface area contributed by atoms with Gasteiger partial charge in [0.1, 0.15) is 11.6 Å². The van der Waals surface area contributed by atoms with E-state index in [0.29, 0.717) is 45.4 Å². The summed E-state index contributed by atoms with van der Waals surface area (Å²) < 4.78 is 7.10. The fourth-order valence-corrected chi connectivity index (χ4v) is 8.05. The van der Waals surface area contributed by atoms with Gasteiger partial charge in [0.25, 0.3) is 5.91 Å². The van der Waals surface area contributed by atoms with Gasteiger partial charge < -0.3 is 29.4 Å². The molecule has 0 radical (unpaired) electrons. The maximum atomic E-state index is 14.8. The Labute approximate surface area is 272 Å². The number of aliphatic hydroxyl groups is 1. The Kier molecular flexibility index (Phi) is 9.08. The van der Waals surface area contributed by atoms with Crippen molar-refractivity contribution in [1.82, 2.24) is 9.80 Å². The Morgan fingerprint density at radius 2 is 1.57 bits per heavy atom. The molecule has 244 valence electrons. The van der Waals surface area contributed by atoms with Crippen LogP contribution in [0, 0.1) is 11.8 Å². The Morgan fingerprint density at radius 1 is 0.848 bits per heavy atom. The summed E-state index contributed by atoms with van der Waals surface area (Å²) in [5.74, 6) is -2.22. The van der Waals surface area contributed by atoms with Crippen molar-refractivity contribution in [2.45, 2.75) is 63.8 Å². The number of hydrogen-bond acceptors (Lipinski definition) is 6. The highest BCUT2D eigenvalue weighted by Gasteiger charge is 2.75. The summed E-state index contributed by atoms with van der Waals surface area (Å²) in [5, 5.41) is 9.54. The number of carbonyl (C=O) groups excluding carboxylic acids is 3. The molecular weight excluding hydrogens is 580 g/mol. The van der Waals surface area contributed by atoms with Crippen molar-refractivity contribution in [3.8, 4) is 0 Å². The van der Waals surface area contributed by atoms with Crippen LogP contribution in [0.3, 0.4) is 0 Å². The molecule has 4 aliphatic rings. The number of carbonyl (C=O) groups is 3. The van der Waals surface area contributed by atoms with Gasteiger partial charge in [0.05, 0.1) is 17.4 Å². The second-order valence-electron chi connectivity index (χ2n) is 12.7. The molecule has 9 heteroatoms. The molecule has 1 unspecified atom stereocenters. The first-order valence-corrected chi connectivity index (χ1v) is 16.8. The van der Waals surface area contributed by atoms with E-state index in [1.807, 2.05) is 85.8 Å². The summed E-state index contributed by atoms with van der Waals surface area (Å²) in [6.07, 6.45) is 9.31. The van der Waals surface area contributed by atoms with Crippen LogP contribution in [0.15, 0.2) is 78.9 Å². The second-order valence-corrected chi connectivity index (χ2v) is 12.7. The van der Waals surface area contributed by atoms with Gasteiger partial charge in [0, 0.05) is 57.3 Å². The van der Waals surface area contributed by atoms with E-state index in [9.17, 15) is 19.5 Å². The van der Waals surface area contributed by atoms with Crippen LogP contribution in [0.5, 0.6) is 0 Å². The maximum absolute atomic E-state index is 14.8. The topological polar surface area (TPSA) is 93.6 Å². The molecule has 2 aromatic carbocycles. The molecule has 1 spiro atoms. The van der Waals surface area contributed by atoms with E-state index >= 15 is 0 Å². The molecule has 1 N–H and O–H groups in total. The van der Waals surface area contributed by atoms with Crippen LogP contribution < -0.4 is 9.80 Å². The van der Waals surface area contributed by atoms with E-state index in [1.54, 1.807) is 14.7 Å². The molecule has 0 aromatic heterocycles. The Balaban J connectivity index is 1.40. The standard InChI is InChI=1S/C37H46N4O5/c1-4-36-20-12-22-39(26-27-14-8-7-9-15-27)33(43)30(36)31-34(44)41(23-10-11-25-42)32-35(45)40(24-13-21-37(31,32)46-36)29-18-16-28(17-19-29)38(5-2)6-3/h7-9,12-21,30-32,42H,4-6,10-11,22-26H2,1-3H3/t30-,31+,32?,36+,37+/m1/s1. The van der Waals surface area contributed by atoms with Gasteiger partial charge in [-0.15, -0.1) is 0 Å². The summed E-state index contributed by atoms with van der Waals surface area (Å²) in [7, 11) is 0. The van der Waals surface area contributed by atoms with Gasteiger partial charge in [-0.2, -0.15) is 0 Å². The highest BCUT2D eigenvalue weighted by atomic mass is 16.5. The lowest BCUT2D eigenvalue weighted by molar-refractivity contribution is -0.150. The molecule has 46 heavy (non-hydrogen) atoms. The minimum atomic E-state index is -1.31. The average Bonchev–Trinajstić information content (AvgIpc) is 3.36. The van der Waals surface area contributed by atoms with Crippen LogP contribution in [-0.4, -0.2) is 89.2 Å². The molecule has 4 heterocycles. The van der Waals surface area contributed by atoms with Crippen molar-refractivity contribution in [3.05, 3.63) is 84.5 Å². The van der Waals surface area contributed by atoms with E-state index in [4.69, 9.17) is 4.74 Å². The molecule has 0 aliphatic carbocycles. The molecule has 5 atom stereocenters. The zero-order valence-electron chi connectivity index (χ0n) is 27.2. The van der Waals surface area contributed by atoms with E-state index < -0.39 is 29.1 Å². The first kappa shape index (κ1) is 32.0. The molecule has 2 aromatic rings. The quantitative estimate of drug-likeness (QED) is 0.298. The largest absolute Gasteiger partial charge is 0.396 e.